The van der Waals surface area contributed by atoms with Crippen molar-refractivity contribution in [1.29, 1.82) is 0 Å². The average molecular weight is 501 g/mol. The third kappa shape index (κ3) is 5.63. The van der Waals surface area contributed by atoms with Gasteiger partial charge < -0.3 is 9.88 Å². The summed E-state index contributed by atoms with van der Waals surface area (Å²) in [6.07, 6.45) is 3.76. The van der Waals surface area contributed by atoms with Gasteiger partial charge in [-0.15, -0.1) is 0 Å². The van der Waals surface area contributed by atoms with Gasteiger partial charge >= 0.3 is 0 Å². The number of rotatable bonds is 8. The quantitative estimate of drug-likeness (QED) is 0.299. The molecule has 1 N–H and O–H groups in total. The van der Waals surface area contributed by atoms with E-state index < -0.39 is 0 Å². The number of likely N-dealkylation sites (tertiary alicyclic amines) is 1. The Labute approximate surface area is 218 Å². The number of carbonyl (C=O) groups is 1. The van der Waals surface area contributed by atoms with Crippen LogP contribution >= 0.6 is 11.6 Å². The maximum atomic E-state index is 13.0. The number of aromatic nitrogens is 2. The smallest absolute Gasteiger partial charge is 0.227 e. The molecule has 1 amide bonds. The molecule has 0 aliphatic carbocycles. The standard InChI is InChI=1S/C30H33ClN4O/c1-2-7-23-8-3-4-9-26(23)33-30(36)24-16-18-34(19-17-24)21-29-32-27-10-5-6-11-28(27)35(29)20-22-12-14-25(31)15-13-22/h3-6,8-15,24H,2,7,16-21H2,1H3,(H,33,36). The van der Waals surface area contributed by atoms with Crippen molar-refractivity contribution in [3.63, 3.8) is 0 Å². The molecule has 4 aromatic rings. The van der Waals surface area contributed by atoms with E-state index in [9.17, 15) is 4.79 Å². The van der Waals surface area contributed by atoms with E-state index >= 15 is 0 Å². The lowest BCUT2D eigenvalue weighted by Crippen LogP contribution is -2.38. The molecule has 3 aromatic carbocycles. The number of aryl methyl sites for hydroxylation is 1. The number of nitrogens with one attached hydrogen (secondary N) is 1. The molecule has 0 bridgehead atoms. The van der Waals surface area contributed by atoms with Crippen molar-refractivity contribution in [1.82, 2.24) is 14.5 Å². The molecule has 0 spiro atoms. The summed E-state index contributed by atoms with van der Waals surface area (Å²) in [7, 11) is 0. The number of imidazole rings is 1. The van der Waals surface area contributed by atoms with Gasteiger partial charge in [-0.2, -0.15) is 0 Å². The van der Waals surface area contributed by atoms with Crippen LogP contribution in [-0.4, -0.2) is 33.4 Å². The Balaban J connectivity index is 1.25. The van der Waals surface area contributed by atoms with E-state index in [0.717, 1.165) is 79.4 Å². The van der Waals surface area contributed by atoms with Gasteiger partial charge in [-0.25, -0.2) is 4.98 Å². The normalized spacial score (nSPS) is 14.8. The number of hydrogen-bond donors (Lipinski definition) is 1. The van der Waals surface area contributed by atoms with Gasteiger partial charge in [0.15, 0.2) is 0 Å². The number of hydrogen-bond acceptors (Lipinski definition) is 3. The summed E-state index contributed by atoms with van der Waals surface area (Å²) in [4.78, 5) is 20.4. The van der Waals surface area contributed by atoms with Crippen molar-refractivity contribution in [2.75, 3.05) is 18.4 Å². The van der Waals surface area contributed by atoms with Crippen molar-refractivity contribution < 1.29 is 4.79 Å². The predicted octanol–water partition coefficient (Wildman–Crippen LogP) is 6.54. The zero-order chi connectivity index (χ0) is 24.9. The molecule has 5 rings (SSSR count). The fourth-order valence-corrected chi connectivity index (χ4v) is 5.24. The van der Waals surface area contributed by atoms with Crippen molar-refractivity contribution in [2.24, 2.45) is 5.92 Å². The van der Waals surface area contributed by atoms with Crippen LogP contribution in [0, 0.1) is 5.92 Å². The number of anilines is 1. The third-order valence-electron chi connectivity index (χ3n) is 7.11. The molecule has 1 fully saturated rings. The highest BCUT2D eigenvalue weighted by atomic mass is 35.5. The number of benzene rings is 3. The van der Waals surface area contributed by atoms with Crippen LogP contribution in [0.5, 0.6) is 0 Å². The molecule has 1 aliphatic heterocycles. The minimum Gasteiger partial charge on any atom is -0.326 e. The molecule has 0 unspecified atom stereocenters. The summed E-state index contributed by atoms with van der Waals surface area (Å²) in [6.45, 7) is 5.47. The summed E-state index contributed by atoms with van der Waals surface area (Å²) < 4.78 is 2.31. The van der Waals surface area contributed by atoms with Crippen LogP contribution in [0.2, 0.25) is 5.02 Å². The first-order chi connectivity index (χ1) is 17.6. The molecule has 1 aliphatic rings. The van der Waals surface area contributed by atoms with Gasteiger partial charge in [-0.05, 0) is 73.8 Å². The van der Waals surface area contributed by atoms with E-state index in [1.165, 1.54) is 11.1 Å². The molecule has 36 heavy (non-hydrogen) atoms. The number of carbonyl (C=O) groups excluding carboxylic acids is 1. The second kappa shape index (κ2) is 11.3. The van der Waals surface area contributed by atoms with Crippen LogP contribution in [-0.2, 0) is 24.3 Å². The zero-order valence-electron chi connectivity index (χ0n) is 20.8. The first kappa shape index (κ1) is 24.5. The number of fused-ring (bicyclic) bond motifs is 1. The van der Waals surface area contributed by atoms with Crippen LogP contribution in [0.4, 0.5) is 5.69 Å². The molecule has 0 saturated carbocycles. The van der Waals surface area contributed by atoms with Crippen molar-refractivity contribution in [2.45, 2.75) is 45.7 Å². The Kier molecular flexibility index (Phi) is 7.69. The van der Waals surface area contributed by atoms with Gasteiger partial charge in [0, 0.05) is 23.2 Å². The van der Waals surface area contributed by atoms with Crippen LogP contribution in [0.15, 0.2) is 72.8 Å². The lowest BCUT2D eigenvalue weighted by molar-refractivity contribution is -0.121. The molecular formula is C30H33ClN4O. The van der Waals surface area contributed by atoms with Gasteiger partial charge in [0.1, 0.15) is 5.82 Å². The minimum atomic E-state index is 0.0452. The van der Waals surface area contributed by atoms with E-state index in [0.29, 0.717) is 0 Å². The highest BCUT2D eigenvalue weighted by molar-refractivity contribution is 6.30. The fraction of sp³-hybridized carbons (Fsp3) is 0.333. The van der Waals surface area contributed by atoms with Crippen LogP contribution in [0.3, 0.4) is 0 Å². The highest BCUT2D eigenvalue weighted by Crippen LogP contribution is 2.25. The summed E-state index contributed by atoms with van der Waals surface area (Å²) in [6, 6.07) is 24.5. The van der Waals surface area contributed by atoms with Crippen LogP contribution in [0.25, 0.3) is 11.0 Å². The van der Waals surface area contributed by atoms with Gasteiger partial charge in [0.2, 0.25) is 5.91 Å². The third-order valence-corrected chi connectivity index (χ3v) is 7.36. The zero-order valence-corrected chi connectivity index (χ0v) is 21.5. The first-order valence-corrected chi connectivity index (χ1v) is 13.3. The van der Waals surface area contributed by atoms with E-state index in [-0.39, 0.29) is 11.8 Å². The fourth-order valence-electron chi connectivity index (χ4n) is 5.11. The van der Waals surface area contributed by atoms with Crippen LogP contribution in [0.1, 0.15) is 43.1 Å². The Morgan fingerprint density at radius 1 is 0.972 bits per heavy atom. The number of piperidine rings is 1. The molecule has 5 nitrogen and oxygen atoms in total. The number of halogens is 1. The monoisotopic (exact) mass is 500 g/mol. The van der Waals surface area contributed by atoms with E-state index in [4.69, 9.17) is 16.6 Å². The Morgan fingerprint density at radius 3 is 2.47 bits per heavy atom. The highest BCUT2D eigenvalue weighted by Gasteiger charge is 2.26. The Hall–Kier alpha value is -3.15. The van der Waals surface area contributed by atoms with Gasteiger partial charge in [-0.1, -0.05) is 67.4 Å². The number of amides is 1. The van der Waals surface area contributed by atoms with E-state index in [2.05, 4.69) is 58.1 Å². The SMILES string of the molecule is CCCc1ccccc1NC(=O)C1CCN(Cc2nc3ccccc3n2Cc2ccc(Cl)cc2)CC1. The van der Waals surface area contributed by atoms with Crippen molar-refractivity contribution in [3.8, 4) is 0 Å². The average Bonchev–Trinajstić information content (AvgIpc) is 3.23. The van der Waals surface area contributed by atoms with Crippen molar-refractivity contribution >= 4 is 34.2 Å². The lowest BCUT2D eigenvalue weighted by Gasteiger charge is -2.31. The second-order valence-electron chi connectivity index (χ2n) is 9.68. The summed E-state index contributed by atoms with van der Waals surface area (Å²) in [5, 5.41) is 3.95. The predicted molar refractivity (Wildman–Crippen MR) is 147 cm³/mol. The number of para-hydroxylation sites is 3. The summed E-state index contributed by atoms with van der Waals surface area (Å²) >= 11 is 6.10. The van der Waals surface area contributed by atoms with Gasteiger partial charge in [0.05, 0.1) is 17.6 Å². The van der Waals surface area contributed by atoms with Gasteiger partial charge in [0.25, 0.3) is 0 Å². The minimum absolute atomic E-state index is 0.0452. The molecule has 2 heterocycles. The maximum Gasteiger partial charge on any atom is 0.227 e. The van der Waals surface area contributed by atoms with Gasteiger partial charge in [-0.3, -0.25) is 9.69 Å². The first-order valence-electron chi connectivity index (χ1n) is 12.9. The molecule has 6 heteroatoms. The maximum absolute atomic E-state index is 13.0. The Bertz CT molecular complexity index is 1320. The van der Waals surface area contributed by atoms with E-state index in [1.807, 2.05) is 36.4 Å². The lowest BCUT2D eigenvalue weighted by atomic mass is 9.95. The molecule has 1 saturated heterocycles. The summed E-state index contributed by atoms with van der Waals surface area (Å²) in [5.41, 5.74) is 5.53. The number of nitrogens with zero attached hydrogens (tertiary/aromatic N) is 3. The molecule has 1 aromatic heterocycles. The summed E-state index contributed by atoms with van der Waals surface area (Å²) in [5.74, 6) is 1.25. The molecule has 0 radical (unpaired) electrons. The molecule has 0 atom stereocenters. The largest absolute Gasteiger partial charge is 0.326 e. The topological polar surface area (TPSA) is 50.2 Å². The molecular weight excluding hydrogens is 468 g/mol. The Morgan fingerprint density at radius 2 is 1.69 bits per heavy atom. The van der Waals surface area contributed by atoms with E-state index in [1.54, 1.807) is 0 Å². The van der Waals surface area contributed by atoms with Crippen LogP contribution < -0.4 is 5.32 Å². The molecule has 186 valence electrons. The van der Waals surface area contributed by atoms with Crippen molar-refractivity contribution in [3.05, 3.63) is 94.8 Å². The second-order valence-corrected chi connectivity index (χ2v) is 10.1.